The Kier molecular flexibility index (Phi) is 5.16. The Morgan fingerprint density at radius 3 is 2.67 bits per heavy atom. The highest BCUT2D eigenvalue weighted by Gasteiger charge is 2.20. The first-order valence-electron chi connectivity index (χ1n) is 7.54. The zero-order valence-corrected chi connectivity index (χ0v) is 15.0. The smallest absolute Gasteiger partial charge is 0.233 e. The molecule has 0 saturated carbocycles. The second-order valence-corrected chi connectivity index (χ2v) is 7.55. The molecular weight excluding hydrogens is 343 g/mol. The number of rotatable bonds is 5. The topological polar surface area (TPSA) is 33.2 Å². The number of hydrogen-bond acceptors (Lipinski definition) is 4. The van der Waals surface area contributed by atoms with Gasteiger partial charge in [-0.1, -0.05) is 12.1 Å². The molecule has 0 aliphatic carbocycles. The lowest BCUT2D eigenvalue weighted by Crippen LogP contribution is -2.31. The summed E-state index contributed by atoms with van der Waals surface area (Å²) in [5.41, 5.74) is 0.964. The summed E-state index contributed by atoms with van der Waals surface area (Å²) in [5, 5.41) is 0.929. The van der Waals surface area contributed by atoms with E-state index in [9.17, 15) is 9.18 Å². The van der Waals surface area contributed by atoms with E-state index < -0.39 is 0 Å². The van der Waals surface area contributed by atoms with E-state index in [0.29, 0.717) is 5.75 Å². The van der Waals surface area contributed by atoms with E-state index in [2.05, 4.69) is 4.98 Å². The van der Waals surface area contributed by atoms with Crippen LogP contribution in [0.1, 0.15) is 18.0 Å². The number of nitrogens with zero attached hydrogens (tertiary/aromatic N) is 2. The lowest BCUT2D eigenvalue weighted by molar-refractivity contribution is -0.128. The predicted octanol–water partition coefficient (Wildman–Crippen LogP) is 4.75. The van der Waals surface area contributed by atoms with E-state index in [4.69, 9.17) is 0 Å². The van der Waals surface area contributed by atoms with Crippen LogP contribution in [0.4, 0.5) is 4.39 Å². The van der Waals surface area contributed by atoms with Gasteiger partial charge in [0.25, 0.3) is 0 Å². The van der Waals surface area contributed by atoms with Gasteiger partial charge in [-0.15, -0.1) is 23.1 Å². The van der Waals surface area contributed by atoms with Crippen molar-refractivity contribution in [3.05, 3.63) is 59.4 Å². The fraction of sp³-hybridized carbons (Fsp3) is 0.222. The van der Waals surface area contributed by atoms with E-state index >= 15 is 0 Å². The third-order valence-electron chi connectivity index (χ3n) is 3.82. The second kappa shape index (κ2) is 7.32. The molecule has 0 saturated heterocycles. The van der Waals surface area contributed by atoms with E-state index in [1.165, 1.54) is 23.9 Å². The van der Waals surface area contributed by atoms with Gasteiger partial charge < -0.3 is 4.90 Å². The molecule has 1 heterocycles. The number of para-hydroxylation sites is 1. The average molecular weight is 360 g/mol. The Bertz CT molecular complexity index is 815. The molecular formula is C18H17FN2OS2. The van der Waals surface area contributed by atoms with E-state index in [1.54, 1.807) is 35.4 Å². The molecule has 0 fully saturated rings. The van der Waals surface area contributed by atoms with Gasteiger partial charge in [-0.25, -0.2) is 9.37 Å². The summed E-state index contributed by atoms with van der Waals surface area (Å²) >= 11 is 3.02. The molecule has 0 unspecified atom stereocenters. The summed E-state index contributed by atoms with van der Waals surface area (Å²) in [6, 6.07) is 14.1. The van der Waals surface area contributed by atoms with Crippen LogP contribution in [0.2, 0.25) is 0 Å². The zero-order valence-electron chi connectivity index (χ0n) is 13.4. The Balaban J connectivity index is 1.64. The Morgan fingerprint density at radius 1 is 1.25 bits per heavy atom. The SMILES string of the molecule is C[C@@H](c1nc2ccccc2s1)N(C)C(=O)CSc1ccc(F)cc1. The van der Waals surface area contributed by atoms with Crippen molar-refractivity contribution in [3.63, 3.8) is 0 Å². The maximum Gasteiger partial charge on any atom is 0.233 e. The van der Waals surface area contributed by atoms with Crippen LogP contribution in [-0.4, -0.2) is 28.6 Å². The highest BCUT2D eigenvalue weighted by atomic mass is 32.2. The third kappa shape index (κ3) is 3.76. The van der Waals surface area contributed by atoms with Crippen molar-refractivity contribution in [2.24, 2.45) is 0 Å². The maximum atomic E-state index is 12.9. The van der Waals surface area contributed by atoms with Gasteiger partial charge in [-0.05, 0) is 43.3 Å². The van der Waals surface area contributed by atoms with Gasteiger partial charge in [-0.3, -0.25) is 4.79 Å². The number of hydrogen-bond donors (Lipinski definition) is 0. The lowest BCUT2D eigenvalue weighted by atomic mass is 10.3. The minimum absolute atomic E-state index is 0.0241. The van der Waals surface area contributed by atoms with E-state index in [0.717, 1.165) is 20.1 Å². The van der Waals surface area contributed by atoms with Gasteiger partial charge in [0.1, 0.15) is 10.8 Å². The predicted molar refractivity (Wildman–Crippen MR) is 97.9 cm³/mol. The second-order valence-electron chi connectivity index (χ2n) is 5.44. The third-order valence-corrected chi connectivity index (χ3v) is 6.02. The van der Waals surface area contributed by atoms with Crippen LogP contribution >= 0.6 is 23.1 Å². The van der Waals surface area contributed by atoms with Gasteiger partial charge in [0.05, 0.1) is 22.0 Å². The lowest BCUT2D eigenvalue weighted by Gasteiger charge is -2.23. The summed E-state index contributed by atoms with van der Waals surface area (Å²) in [6.07, 6.45) is 0. The molecule has 2 aromatic carbocycles. The van der Waals surface area contributed by atoms with Gasteiger partial charge in [0, 0.05) is 11.9 Å². The van der Waals surface area contributed by atoms with Crippen LogP contribution < -0.4 is 0 Å². The van der Waals surface area contributed by atoms with Crippen molar-refractivity contribution >= 4 is 39.2 Å². The number of aromatic nitrogens is 1. The zero-order chi connectivity index (χ0) is 17.1. The largest absolute Gasteiger partial charge is 0.336 e. The van der Waals surface area contributed by atoms with Crippen molar-refractivity contribution in [3.8, 4) is 0 Å². The summed E-state index contributed by atoms with van der Waals surface area (Å²) in [7, 11) is 1.80. The van der Waals surface area contributed by atoms with Crippen molar-refractivity contribution in [1.82, 2.24) is 9.88 Å². The average Bonchev–Trinajstić information content (AvgIpc) is 3.03. The summed E-state index contributed by atoms with van der Waals surface area (Å²) in [5.74, 6) is 0.0699. The number of halogens is 1. The van der Waals surface area contributed by atoms with Crippen molar-refractivity contribution in [2.75, 3.05) is 12.8 Å². The van der Waals surface area contributed by atoms with Gasteiger partial charge in [0.15, 0.2) is 0 Å². The van der Waals surface area contributed by atoms with Gasteiger partial charge in [-0.2, -0.15) is 0 Å². The quantitative estimate of drug-likeness (QED) is 0.616. The fourth-order valence-corrected chi connectivity index (χ4v) is 4.11. The monoisotopic (exact) mass is 360 g/mol. The molecule has 3 nitrogen and oxygen atoms in total. The van der Waals surface area contributed by atoms with Crippen molar-refractivity contribution in [1.29, 1.82) is 0 Å². The standard InChI is InChI=1S/C18H17FN2OS2/c1-12(18-20-15-5-3-4-6-16(15)24-18)21(2)17(22)11-23-14-9-7-13(19)8-10-14/h3-10,12H,11H2,1-2H3/t12-/m0/s1. The minimum Gasteiger partial charge on any atom is -0.336 e. The first kappa shape index (κ1) is 16.9. The summed E-state index contributed by atoms with van der Waals surface area (Å²) in [4.78, 5) is 19.6. The van der Waals surface area contributed by atoms with E-state index in [1.807, 2.05) is 31.2 Å². The molecule has 124 valence electrons. The molecule has 6 heteroatoms. The van der Waals surface area contributed by atoms with Crippen LogP contribution in [0.15, 0.2) is 53.4 Å². The first-order chi connectivity index (χ1) is 11.5. The number of amides is 1. The molecule has 3 aromatic rings. The highest BCUT2D eigenvalue weighted by Crippen LogP contribution is 2.29. The van der Waals surface area contributed by atoms with Crippen molar-refractivity contribution in [2.45, 2.75) is 17.9 Å². The normalized spacial score (nSPS) is 12.3. The molecule has 0 aliphatic rings. The van der Waals surface area contributed by atoms with Gasteiger partial charge in [0.2, 0.25) is 5.91 Å². The number of carbonyl (C=O) groups excluding carboxylic acids is 1. The fourth-order valence-electron chi connectivity index (χ4n) is 2.23. The number of thiazole rings is 1. The molecule has 1 amide bonds. The van der Waals surface area contributed by atoms with Crippen LogP contribution in [0.3, 0.4) is 0 Å². The van der Waals surface area contributed by atoms with Crippen molar-refractivity contribution < 1.29 is 9.18 Å². The van der Waals surface area contributed by atoms with Crippen LogP contribution in [0, 0.1) is 5.82 Å². The Labute approximate surface area is 148 Å². The molecule has 0 radical (unpaired) electrons. The Morgan fingerprint density at radius 2 is 1.96 bits per heavy atom. The number of carbonyl (C=O) groups is 1. The number of fused-ring (bicyclic) bond motifs is 1. The highest BCUT2D eigenvalue weighted by molar-refractivity contribution is 8.00. The molecule has 1 aromatic heterocycles. The number of thioether (sulfide) groups is 1. The van der Waals surface area contributed by atoms with Crippen LogP contribution in [-0.2, 0) is 4.79 Å². The molecule has 1 atom stereocenters. The maximum absolute atomic E-state index is 12.9. The van der Waals surface area contributed by atoms with Crippen LogP contribution in [0.25, 0.3) is 10.2 Å². The summed E-state index contributed by atoms with van der Waals surface area (Å²) in [6.45, 7) is 1.98. The minimum atomic E-state index is -0.271. The molecule has 0 aliphatic heterocycles. The molecule has 0 spiro atoms. The summed E-state index contributed by atoms with van der Waals surface area (Å²) < 4.78 is 14.0. The van der Waals surface area contributed by atoms with Crippen LogP contribution in [0.5, 0.6) is 0 Å². The van der Waals surface area contributed by atoms with Gasteiger partial charge >= 0.3 is 0 Å². The molecule has 0 N–H and O–H groups in total. The first-order valence-corrected chi connectivity index (χ1v) is 9.34. The Hall–Kier alpha value is -1.92. The number of benzene rings is 2. The van der Waals surface area contributed by atoms with E-state index in [-0.39, 0.29) is 17.8 Å². The molecule has 3 rings (SSSR count). The molecule has 24 heavy (non-hydrogen) atoms. The molecule has 0 bridgehead atoms.